The van der Waals surface area contributed by atoms with Crippen molar-refractivity contribution in [1.29, 1.82) is 5.26 Å². The highest BCUT2D eigenvalue weighted by Gasteiger charge is 2.24. The highest BCUT2D eigenvalue weighted by atomic mass is 16.2. The molecule has 6 nitrogen and oxygen atoms in total. The Morgan fingerprint density at radius 2 is 2.04 bits per heavy atom. The van der Waals surface area contributed by atoms with Crippen molar-refractivity contribution in [2.24, 2.45) is 0 Å². The van der Waals surface area contributed by atoms with Gasteiger partial charge in [0.15, 0.2) is 0 Å². The summed E-state index contributed by atoms with van der Waals surface area (Å²) in [5.74, 6) is -0.123. The van der Waals surface area contributed by atoms with Gasteiger partial charge in [-0.2, -0.15) is 5.26 Å². The van der Waals surface area contributed by atoms with Crippen molar-refractivity contribution in [2.75, 3.05) is 19.6 Å². The van der Waals surface area contributed by atoms with Gasteiger partial charge in [0.2, 0.25) is 5.91 Å². The Bertz CT molecular complexity index is 528. The molecule has 2 heterocycles. The van der Waals surface area contributed by atoms with E-state index in [0.29, 0.717) is 38.0 Å². The second kappa shape index (κ2) is 8.72. The molecule has 2 rings (SSSR count). The van der Waals surface area contributed by atoms with Crippen molar-refractivity contribution in [3.8, 4) is 6.07 Å². The maximum Gasteiger partial charge on any atom is 0.263 e. The molecule has 2 atom stereocenters. The van der Waals surface area contributed by atoms with Crippen LogP contribution in [0.2, 0.25) is 0 Å². The minimum Gasteiger partial charge on any atom is -0.371 e. The van der Waals surface area contributed by atoms with Crippen molar-refractivity contribution in [3.05, 3.63) is 11.8 Å². The molecule has 0 aliphatic carbocycles. The number of nitrogens with zero attached hydrogens (tertiary/aromatic N) is 3. The fourth-order valence-electron chi connectivity index (χ4n) is 3.49. The van der Waals surface area contributed by atoms with Gasteiger partial charge in [-0.1, -0.05) is 0 Å². The van der Waals surface area contributed by atoms with Crippen LogP contribution in [0.5, 0.6) is 0 Å². The lowest BCUT2D eigenvalue weighted by molar-refractivity contribution is -0.127. The largest absolute Gasteiger partial charge is 0.371 e. The quantitative estimate of drug-likeness (QED) is 0.457. The summed E-state index contributed by atoms with van der Waals surface area (Å²) >= 11 is 0. The summed E-state index contributed by atoms with van der Waals surface area (Å²) in [4.78, 5) is 27.7. The highest BCUT2D eigenvalue weighted by molar-refractivity contribution is 5.97. The third kappa shape index (κ3) is 4.73. The Labute approximate surface area is 144 Å². The SMILES string of the molecule is CC1CCCC(C)N1/C=C(/C#N)C(=O)NCCCN1CCCC1=O. The third-order valence-electron chi connectivity index (χ3n) is 4.97. The summed E-state index contributed by atoms with van der Waals surface area (Å²) < 4.78 is 0. The van der Waals surface area contributed by atoms with E-state index in [1.165, 1.54) is 6.42 Å². The van der Waals surface area contributed by atoms with Gasteiger partial charge in [0.25, 0.3) is 5.91 Å². The number of hydrogen-bond donors (Lipinski definition) is 1. The first-order valence-corrected chi connectivity index (χ1v) is 8.98. The minimum atomic E-state index is -0.324. The second-order valence-electron chi connectivity index (χ2n) is 6.82. The lowest BCUT2D eigenvalue weighted by Crippen LogP contribution is -2.40. The Kier molecular flexibility index (Phi) is 6.65. The third-order valence-corrected chi connectivity index (χ3v) is 4.97. The smallest absolute Gasteiger partial charge is 0.263 e. The van der Waals surface area contributed by atoms with Gasteiger partial charge in [0.1, 0.15) is 11.6 Å². The average Bonchev–Trinajstić information content (AvgIpc) is 2.96. The molecule has 0 aromatic rings. The molecule has 0 aromatic carbocycles. The van der Waals surface area contributed by atoms with E-state index in [-0.39, 0.29) is 17.4 Å². The van der Waals surface area contributed by atoms with Crippen LogP contribution in [0, 0.1) is 11.3 Å². The molecule has 0 saturated carbocycles. The van der Waals surface area contributed by atoms with Crippen molar-refractivity contribution in [2.45, 2.75) is 64.5 Å². The number of nitrogens with one attached hydrogen (secondary N) is 1. The van der Waals surface area contributed by atoms with Crippen LogP contribution in [0.1, 0.15) is 52.4 Å². The summed E-state index contributed by atoms with van der Waals surface area (Å²) in [5, 5.41) is 12.1. The van der Waals surface area contributed by atoms with Crippen LogP contribution in [0.15, 0.2) is 11.8 Å². The van der Waals surface area contributed by atoms with Crippen LogP contribution in [-0.4, -0.2) is 53.3 Å². The van der Waals surface area contributed by atoms with Crippen LogP contribution in [0.3, 0.4) is 0 Å². The van der Waals surface area contributed by atoms with Crippen LogP contribution in [-0.2, 0) is 9.59 Å². The van der Waals surface area contributed by atoms with Crippen molar-refractivity contribution in [3.63, 3.8) is 0 Å². The normalized spacial score (nSPS) is 24.9. The van der Waals surface area contributed by atoms with Crippen LogP contribution < -0.4 is 5.32 Å². The topological polar surface area (TPSA) is 76.4 Å². The molecular formula is C18H28N4O2. The molecule has 0 bridgehead atoms. The minimum absolute atomic E-state index is 0.160. The number of hydrogen-bond acceptors (Lipinski definition) is 4. The monoisotopic (exact) mass is 332 g/mol. The first kappa shape index (κ1) is 18.3. The van der Waals surface area contributed by atoms with E-state index in [9.17, 15) is 14.9 Å². The zero-order chi connectivity index (χ0) is 17.5. The number of piperidine rings is 1. The van der Waals surface area contributed by atoms with Gasteiger partial charge in [0.05, 0.1) is 0 Å². The molecule has 2 aliphatic heterocycles. The van der Waals surface area contributed by atoms with Gasteiger partial charge >= 0.3 is 0 Å². The van der Waals surface area contributed by atoms with Gasteiger partial charge in [-0.05, 0) is 46.0 Å². The Hall–Kier alpha value is -2.03. The summed E-state index contributed by atoms with van der Waals surface area (Å²) in [6, 6.07) is 2.73. The summed E-state index contributed by atoms with van der Waals surface area (Å²) in [5.41, 5.74) is 0.160. The zero-order valence-electron chi connectivity index (χ0n) is 14.8. The van der Waals surface area contributed by atoms with Crippen molar-refractivity contribution in [1.82, 2.24) is 15.1 Å². The molecule has 2 fully saturated rings. The van der Waals surface area contributed by atoms with Crippen molar-refractivity contribution >= 4 is 11.8 Å². The van der Waals surface area contributed by atoms with Gasteiger partial charge < -0.3 is 15.1 Å². The molecule has 0 spiro atoms. The van der Waals surface area contributed by atoms with E-state index in [1.807, 2.05) is 11.0 Å². The first-order chi connectivity index (χ1) is 11.5. The lowest BCUT2D eigenvalue weighted by atomic mass is 9.98. The van der Waals surface area contributed by atoms with Crippen LogP contribution in [0.25, 0.3) is 0 Å². The summed E-state index contributed by atoms with van der Waals surface area (Å²) in [7, 11) is 0. The number of carbonyl (C=O) groups excluding carboxylic acids is 2. The predicted octanol–water partition coefficient (Wildman–Crippen LogP) is 1.79. The second-order valence-corrected chi connectivity index (χ2v) is 6.82. The van der Waals surface area contributed by atoms with E-state index in [0.717, 1.165) is 25.8 Å². The number of carbonyl (C=O) groups is 2. The number of amides is 2. The predicted molar refractivity (Wildman–Crippen MR) is 91.8 cm³/mol. The molecule has 2 amide bonds. The number of nitriles is 1. The molecule has 2 saturated heterocycles. The molecule has 0 radical (unpaired) electrons. The Balaban J connectivity index is 1.81. The molecule has 2 unspecified atom stereocenters. The van der Waals surface area contributed by atoms with Crippen LogP contribution in [0.4, 0.5) is 0 Å². The molecule has 24 heavy (non-hydrogen) atoms. The Morgan fingerprint density at radius 1 is 1.33 bits per heavy atom. The lowest BCUT2D eigenvalue weighted by Gasteiger charge is -2.38. The fourth-order valence-corrected chi connectivity index (χ4v) is 3.49. The molecule has 2 aliphatic rings. The van der Waals surface area contributed by atoms with Gasteiger partial charge in [-0.15, -0.1) is 0 Å². The van der Waals surface area contributed by atoms with E-state index < -0.39 is 0 Å². The maximum absolute atomic E-state index is 12.2. The number of rotatable bonds is 6. The van der Waals surface area contributed by atoms with Crippen molar-refractivity contribution < 1.29 is 9.59 Å². The summed E-state index contributed by atoms with van der Waals surface area (Å²) in [6.07, 6.45) is 7.37. The molecule has 0 aromatic heterocycles. The fraction of sp³-hybridized carbons (Fsp3) is 0.722. The molecular weight excluding hydrogens is 304 g/mol. The van der Waals surface area contributed by atoms with E-state index in [1.54, 1.807) is 6.20 Å². The average molecular weight is 332 g/mol. The van der Waals surface area contributed by atoms with Gasteiger partial charge in [-0.25, -0.2) is 0 Å². The van der Waals surface area contributed by atoms with Gasteiger partial charge in [0, 0.05) is 44.3 Å². The summed E-state index contributed by atoms with van der Waals surface area (Å²) in [6.45, 7) is 6.23. The van der Waals surface area contributed by atoms with Gasteiger partial charge in [-0.3, -0.25) is 9.59 Å². The van der Waals surface area contributed by atoms with E-state index >= 15 is 0 Å². The standard InChI is InChI=1S/C18H28N4O2/c1-14-6-3-7-15(2)22(14)13-16(12-19)18(24)20-9-5-11-21-10-4-8-17(21)23/h13-15H,3-11H2,1-2H3,(H,20,24)/b16-13-. The van der Waals surface area contributed by atoms with E-state index in [2.05, 4.69) is 24.1 Å². The maximum atomic E-state index is 12.2. The zero-order valence-corrected chi connectivity index (χ0v) is 14.8. The first-order valence-electron chi connectivity index (χ1n) is 8.98. The Morgan fingerprint density at radius 3 is 2.62 bits per heavy atom. The molecule has 132 valence electrons. The highest BCUT2D eigenvalue weighted by Crippen LogP contribution is 2.23. The molecule has 1 N–H and O–H groups in total. The van der Waals surface area contributed by atoms with Crippen LogP contribution >= 0.6 is 0 Å². The number of likely N-dealkylation sites (tertiary alicyclic amines) is 2. The van der Waals surface area contributed by atoms with E-state index in [4.69, 9.17) is 0 Å². The molecule has 6 heteroatoms.